The summed E-state index contributed by atoms with van der Waals surface area (Å²) in [5.74, 6) is 0.241. The van der Waals surface area contributed by atoms with Crippen molar-refractivity contribution in [1.82, 2.24) is 0 Å². The number of piperidine rings is 1. The van der Waals surface area contributed by atoms with E-state index < -0.39 is 0 Å². The van der Waals surface area contributed by atoms with Crippen LogP contribution in [0.5, 0.6) is 0 Å². The van der Waals surface area contributed by atoms with E-state index in [2.05, 4.69) is 7.05 Å². The molecule has 1 aliphatic rings. The van der Waals surface area contributed by atoms with Crippen LogP contribution in [-0.4, -0.2) is 25.4 Å². The second-order valence-electron chi connectivity index (χ2n) is 5.26. The molecule has 1 aromatic carbocycles. The minimum absolute atomic E-state index is 0.241. The van der Waals surface area contributed by atoms with Crippen LogP contribution in [0.25, 0.3) is 0 Å². The molecule has 0 aromatic heterocycles. The fourth-order valence-electron chi connectivity index (χ4n) is 2.72. The molecule has 2 unspecified atom stereocenters. The topological polar surface area (TPSA) is 21.5 Å². The van der Waals surface area contributed by atoms with Crippen molar-refractivity contribution in [2.75, 3.05) is 13.6 Å². The lowest BCUT2D eigenvalue weighted by atomic mass is 9.96. The van der Waals surface area contributed by atoms with E-state index in [4.69, 9.17) is 11.6 Å². The molecule has 2 atom stereocenters. The van der Waals surface area contributed by atoms with E-state index in [-0.39, 0.29) is 5.78 Å². The summed E-state index contributed by atoms with van der Waals surface area (Å²) in [4.78, 5) is 13.6. The van der Waals surface area contributed by atoms with Crippen LogP contribution >= 0.6 is 11.6 Å². The van der Waals surface area contributed by atoms with Crippen molar-refractivity contribution in [2.45, 2.75) is 38.1 Å². The Morgan fingerprint density at radius 1 is 1.33 bits per heavy atom. The highest BCUT2D eigenvalue weighted by Gasteiger charge is 2.23. The third kappa shape index (κ3) is 3.56. The molecule has 0 spiro atoms. The van der Waals surface area contributed by atoms with Crippen LogP contribution in [0.4, 0.5) is 0 Å². The maximum Gasteiger partial charge on any atom is 0.163 e. The lowest BCUT2D eigenvalue weighted by Gasteiger charge is -2.29. The zero-order chi connectivity index (χ0) is 13.0. The average Bonchev–Trinajstić information content (AvgIpc) is 2.38. The standard InChI is InChI=1S/C15H20ClNO/c1-17-11-3-2-4-14(17)9-10-15(18)12-5-7-13(16)8-6-12/h5-8,14H,2-4,9-11H2,1H3/p+1. The Hall–Kier alpha value is -0.860. The minimum Gasteiger partial charge on any atom is -0.335 e. The van der Waals surface area contributed by atoms with E-state index in [0.29, 0.717) is 17.5 Å². The first kappa shape index (κ1) is 13.6. The van der Waals surface area contributed by atoms with Crippen molar-refractivity contribution in [3.05, 3.63) is 34.9 Å². The smallest absolute Gasteiger partial charge is 0.163 e. The number of nitrogens with one attached hydrogen (secondary N) is 1. The van der Waals surface area contributed by atoms with E-state index in [9.17, 15) is 4.79 Å². The van der Waals surface area contributed by atoms with Crippen molar-refractivity contribution >= 4 is 17.4 Å². The molecule has 1 aromatic rings. The third-order valence-corrected chi connectivity index (χ3v) is 4.21. The van der Waals surface area contributed by atoms with E-state index in [0.717, 1.165) is 12.0 Å². The van der Waals surface area contributed by atoms with E-state index >= 15 is 0 Å². The minimum atomic E-state index is 0.241. The number of quaternary nitrogens is 1. The lowest BCUT2D eigenvalue weighted by molar-refractivity contribution is -0.911. The molecule has 1 N–H and O–H groups in total. The number of halogens is 1. The van der Waals surface area contributed by atoms with Gasteiger partial charge in [0.05, 0.1) is 19.6 Å². The number of hydrogen-bond acceptors (Lipinski definition) is 1. The number of ketones is 1. The van der Waals surface area contributed by atoms with Gasteiger partial charge >= 0.3 is 0 Å². The van der Waals surface area contributed by atoms with Crippen molar-refractivity contribution in [2.24, 2.45) is 0 Å². The van der Waals surface area contributed by atoms with Crippen LogP contribution < -0.4 is 4.90 Å². The molecule has 0 radical (unpaired) electrons. The molecule has 2 nitrogen and oxygen atoms in total. The highest BCUT2D eigenvalue weighted by molar-refractivity contribution is 6.30. The van der Waals surface area contributed by atoms with Crippen molar-refractivity contribution in [1.29, 1.82) is 0 Å². The zero-order valence-electron chi connectivity index (χ0n) is 10.9. The van der Waals surface area contributed by atoms with Gasteiger partial charge in [0.1, 0.15) is 0 Å². The molecular weight excluding hydrogens is 246 g/mol. The highest BCUT2D eigenvalue weighted by Crippen LogP contribution is 2.14. The van der Waals surface area contributed by atoms with Gasteiger partial charge in [-0.05, 0) is 43.5 Å². The molecule has 0 aliphatic carbocycles. The Kier molecular flexibility index (Phi) is 4.79. The van der Waals surface area contributed by atoms with Crippen molar-refractivity contribution < 1.29 is 9.69 Å². The summed E-state index contributed by atoms with van der Waals surface area (Å²) in [6.07, 6.45) is 5.57. The first-order valence-electron chi connectivity index (χ1n) is 6.78. The van der Waals surface area contributed by atoms with E-state index in [1.807, 2.05) is 12.1 Å². The molecule has 18 heavy (non-hydrogen) atoms. The number of carbonyl (C=O) groups excluding carboxylic acids is 1. The first-order valence-corrected chi connectivity index (χ1v) is 7.15. The predicted octanol–water partition coefficient (Wildman–Crippen LogP) is 2.37. The molecule has 1 saturated heterocycles. The maximum absolute atomic E-state index is 12.1. The van der Waals surface area contributed by atoms with Crippen LogP contribution in [0.1, 0.15) is 42.5 Å². The normalized spacial score (nSPS) is 23.9. The number of carbonyl (C=O) groups is 1. The number of Topliss-reactive ketones (excluding diaryl/α,β-unsaturated/α-hetero) is 1. The fourth-order valence-corrected chi connectivity index (χ4v) is 2.85. The second-order valence-corrected chi connectivity index (χ2v) is 5.69. The molecule has 1 heterocycles. The molecule has 0 bridgehead atoms. The second kappa shape index (κ2) is 6.35. The quantitative estimate of drug-likeness (QED) is 0.831. The molecule has 98 valence electrons. The highest BCUT2D eigenvalue weighted by atomic mass is 35.5. The van der Waals surface area contributed by atoms with Crippen LogP contribution in [0.2, 0.25) is 5.02 Å². The van der Waals surface area contributed by atoms with Gasteiger partial charge in [0, 0.05) is 23.4 Å². The summed E-state index contributed by atoms with van der Waals surface area (Å²) in [7, 11) is 2.25. The molecule has 2 rings (SSSR count). The third-order valence-electron chi connectivity index (χ3n) is 3.96. The Labute approximate surface area is 114 Å². The zero-order valence-corrected chi connectivity index (χ0v) is 11.7. The van der Waals surface area contributed by atoms with Gasteiger partial charge < -0.3 is 4.90 Å². The summed E-state index contributed by atoms with van der Waals surface area (Å²) in [6, 6.07) is 7.87. The number of rotatable bonds is 4. The van der Waals surface area contributed by atoms with Gasteiger partial charge in [-0.3, -0.25) is 4.79 Å². The predicted molar refractivity (Wildman–Crippen MR) is 74.4 cm³/mol. The van der Waals surface area contributed by atoms with Crippen LogP contribution in [0.15, 0.2) is 24.3 Å². The summed E-state index contributed by atoms with van der Waals surface area (Å²) in [5.41, 5.74) is 0.785. The summed E-state index contributed by atoms with van der Waals surface area (Å²) in [6.45, 7) is 1.25. The first-order chi connectivity index (χ1) is 8.66. The van der Waals surface area contributed by atoms with Gasteiger partial charge in [0.15, 0.2) is 5.78 Å². The Morgan fingerprint density at radius 3 is 2.72 bits per heavy atom. The van der Waals surface area contributed by atoms with Gasteiger partial charge in [0.2, 0.25) is 0 Å². The Morgan fingerprint density at radius 2 is 2.06 bits per heavy atom. The van der Waals surface area contributed by atoms with E-state index in [1.165, 1.54) is 25.8 Å². The SMILES string of the molecule is C[NH+]1CCCCC1CCC(=O)c1ccc(Cl)cc1. The van der Waals surface area contributed by atoms with Gasteiger partial charge in [-0.2, -0.15) is 0 Å². The van der Waals surface area contributed by atoms with Gasteiger partial charge in [-0.15, -0.1) is 0 Å². The van der Waals surface area contributed by atoms with Gasteiger partial charge in [-0.1, -0.05) is 11.6 Å². The molecule has 1 fully saturated rings. The number of likely N-dealkylation sites (tertiary alicyclic amines) is 1. The summed E-state index contributed by atoms with van der Waals surface area (Å²) >= 11 is 5.82. The molecule has 0 amide bonds. The van der Waals surface area contributed by atoms with E-state index in [1.54, 1.807) is 17.0 Å². The average molecular weight is 267 g/mol. The maximum atomic E-state index is 12.1. The van der Waals surface area contributed by atoms with Crippen LogP contribution in [0.3, 0.4) is 0 Å². The molecule has 3 heteroatoms. The largest absolute Gasteiger partial charge is 0.335 e. The molecule has 1 aliphatic heterocycles. The summed E-state index contributed by atoms with van der Waals surface area (Å²) < 4.78 is 0. The molecular formula is C15H21ClNO+. The Bertz CT molecular complexity index is 401. The fraction of sp³-hybridized carbons (Fsp3) is 0.533. The van der Waals surface area contributed by atoms with Crippen molar-refractivity contribution in [3.63, 3.8) is 0 Å². The Balaban J connectivity index is 1.86. The number of hydrogen-bond donors (Lipinski definition) is 1. The van der Waals surface area contributed by atoms with Crippen LogP contribution in [0, 0.1) is 0 Å². The molecule has 0 saturated carbocycles. The monoisotopic (exact) mass is 266 g/mol. The van der Waals surface area contributed by atoms with Gasteiger partial charge in [-0.25, -0.2) is 0 Å². The van der Waals surface area contributed by atoms with Crippen LogP contribution in [-0.2, 0) is 0 Å². The number of benzene rings is 1. The van der Waals surface area contributed by atoms with Gasteiger partial charge in [0.25, 0.3) is 0 Å². The summed E-state index contributed by atoms with van der Waals surface area (Å²) in [5, 5.41) is 0.683. The lowest BCUT2D eigenvalue weighted by Crippen LogP contribution is -3.13. The van der Waals surface area contributed by atoms with Crippen molar-refractivity contribution in [3.8, 4) is 0 Å².